The molecule has 110 valence electrons. The number of likely N-dealkylation sites (N-methyl/N-ethyl adjacent to an activating group) is 1. The van der Waals surface area contributed by atoms with Crippen LogP contribution in [0.2, 0.25) is 5.15 Å². The first-order valence-electron chi connectivity index (χ1n) is 6.85. The summed E-state index contributed by atoms with van der Waals surface area (Å²) in [5.74, 6) is 0. The first-order chi connectivity index (χ1) is 9.47. The third-order valence-electron chi connectivity index (χ3n) is 3.71. The summed E-state index contributed by atoms with van der Waals surface area (Å²) in [5, 5.41) is 12.9. The molecule has 2 rings (SSSR count). The fraction of sp³-hybridized carbons (Fsp3) is 0.571. The number of halogens is 1. The van der Waals surface area contributed by atoms with Crippen molar-refractivity contribution in [1.82, 2.24) is 24.9 Å². The summed E-state index contributed by atoms with van der Waals surface area (Å²) in [6, 6.07) is 2.33. The van der Waals surface area contributed by atoms with Gasteiger partial charge in [-0.15, -0.1) is 0 Å². The molecule has 1 atom stereocenters. The van der Waals surface area contributed by atoms with Crippen LogP contribution in [-0.4, -0.2) is 26.6 Å². The number of nitrogens with one attached hydrogen (secondary N) is 1. The molecule has 0 amide bonds. The topological polar surface area (TPSA) is 47.7 Å². The summed E-state index contributed by atoms with van der Waals surface area (Å²) in [7, 11) is 5.81. The van der Waals surface area contributed by atoms with E-state index in [9.17, 15) is 0 Å². The van der Waals surface area contributed by atoms with Crippen LogP contribution in [0.5, 0.6) is 0 Å². The largest absolute Gasteiger partial charge is 0.311 e. The predicted molar refractivity (Wildman–Crippen MR) is 81.0 cm³/mol. The molecule has 0 bridgehead atoms. The Balaban J connectivity index is 2.31. The number of aromatic nitrogens is 4. The highest BCUT2D eigenvalue weighted by Crippen LogP contribution is 2.25. The van der Waals surface area contributed by atoms with Crippen molar-refractivity contribution in [3.63, 3.8) is 0 Å². The first-order valence-corrected chi connectivity index (χ1v) is 7.23. The summed E-state index contributed by atoms with van der Waals surface area (Å²) in [6.45, 7) is 4.11. The molecule has 0 saturated heterocycles. The Morgan fingerprint density at radius 2 is 2.00 bits per heavy atom. The van der Waals surface area contributed by atoms with Gasteiger partial charge in [-0.2, -0.15) is 10.2 Å². The Bertz CT molecular complexity index is 599. The maximum atomic E-state index is 6.33. The molecule has 0 aliphatic rings. The number of nitrogens with zero attached hydrogens (tertiary/aromatic N) is 4. The van der Waals surface area contributed by atoms with E-state index >= 15 is 0 Å². The highest BCUT2D eigenvalue weighted by molar-refractivity contribution is 6.30. The molecular weight excluding hydrogens is 274 g/mol. The van der Waals surface area contributed by atoms with E-state index in [0.717, 1.165) is 29.8 Å². The fourth-order valence-electron chi connectivity index (χ4n) is 2.51. The molecule has 2 aromatic heterocycles. The van der Waals surface area contributed by atoms with Crippen LogP contribution in [-0.2, 0) is 26.9 Å². The van der Waals surface area contributed by atoms with Crippen LogP contribution in [0.4, 0.5) is 0 Å². The van der Waals surface area contributed by atoms with E-state index in [1.807, 2.05) is 32.7 Å². The van der Waals surface area contributed by atoms with Crippen LogP contribution in [0.1, 0.15) is 35.6 Å². The van der Waals surface area contributed by atoms with Crippen LogP contribution in [0.3, 0.4) is 0 Å². The van der Waals surface area contributed by atoms with Gasteiger partial charge in [0.1, 0.15) is 5.15 Å². The quantitative estimate of drug-likeness (QED) is 0.920. The zero-order valence-corrected chi connectivity index (χ0v) is 13.5. The van der Waals surface area contributed by atoms with Gasteiger partial charge in [0.05, 0.1) is 23.1 Å². The van der Waals surface area contributed by atoms with E-state index in [0.29, 0.717) is 5.15 Å². The minimum Gasteiger partial charge on any atom is -0.311 e. The van der Waals surface area contributed by atoms with Gasteiger partial charge < -0.3 is 5.32 Å². The fourth-order valence-corrected chi connectivity index (χ4v) is 2.76. The van der Waals surface area contributed by atoms with Crippen LogP contribution in [0, 0.1) is 6.92 Å². The van der Waals surface area contributed by atoms with E-state index < -0.39 is 0 Å². The van der Waals surface area contributed by atoms with Gasteiger partial charge in [-0.05, 0) is 32.9 Å². The minimum atomic E-state index is 0.174. The molecule has 1 N–H and O–H groups in total. The highest BCUT2D eigenvalue weighted by Gasteiger charge is 2.20. The molecule has 0 radical (unpaired) electrons. The highest BCUT2D eigenvalue weighted by atomic mass is 35.5. The molecule has 5 nitrogen and oxygen atoms in total. The Morgan fingerprint density at radius 1 is 1.30 bits per heavy atom. The molecular formula is C14H22ClN5. The lowest BCUT2D eigenvalue weighted by Crippen LogP contribution is -2.22. The Labute approximate surface area is 124 Å². The summed E-state index contributed by atoms with van der Waals surface area (Å²) >= 11 is 6.33. The molecule has 0 spiro atoms. The monoisotopic (exact) mass is 295 g/mol. The average Bonchev–Trinajstić information content (AvgIpc) is 2.90. The minimum absolute atomic E-state index is 0.174. The summed E-state index contributed by atoms with van der Waals surface area (Å²) in [4.78, 5) is 0. The van der Waals surface area contributed by atoms with Crippen molar-refractivity contribution in [2.75, 3.05) is 7.05 Å². The van der Waals surface area contributed by atoms with Crippen LogP contribution in [0.25, 0.3) is 0 Å². The molecule has 6 heteroatoms. The molecule has 0 saturated carbocycles. The lowest BCUT2D eigenvalue weighted by molar-refractivity contribution is 0.536. The smallest absolute Gasteiger partial charge is 0.130 e. The van der Waals surface area contributed by atoms with Gasteiger partial charge in [0.15, 0.2) is 0 Å². The van der Waals surface area contributed by atoms with Gasteiger partial charge in [0, 0.05) is 19.7 Å². The van der Waals surface area contributed by atoms with Crippen LogP contribution in [0.15, 0.2) is 6.07 Å². The predicted octanol–water partition coefficient (Wildman–Crippen LogP) is 2.18. The van der Waals surface area contributed by atoms with Crippen molar-refractivity contribution in [2.45, 2.75) is 32.7 Å². The second-order valence-electron chi connectivity index (χ2n) is 5.06. The Hall–Kier alpha value is -1.33. The van der Waals surface area contributed by atoms with Crippen molar-refractivity contribution in [2.24, 2.45) is 14.1 Å². The summed E-state index contributed by atoms with van der Waals surface area (Å²) in [5.41, 5.74) is 4.35. The van der Waals surface area contributed by atoms with Gasteiger partial charge >= 0.3 is 0 Å². The first kappa shape index (κ1) is 15.1. The SMILES string of the molecule is CCc1cc(C(Cc2c(C)nn(C)c2Cl)NC)n(C)n1. The maximum absolute atomic E-state index is 6.33. The van der Waals surface area contributed by atoms with Gasteiger partial charge in [0.2, 0.25) is 0 Å². The molecule has 2 heterocycles. The van der Waals surface area contributed by atoms with E-state index in [4.69, 9.17) is 11.6 Å². The molecule has 0 fully saturated rings. The normalized spacial score (nSPS) is 12.9. The zero-order valence-electron chi connectivity index (χ0n) is 12.7. The molecule has 0 aliphatic heterocycles. The van der Waals surface area contributed by atoms with Crippen LogP contribution < -0.4 is 5.32 Å². The average molecular weight is 296 g/mol. The number of hydrogen-bond acceptors (Lipinski definition) is 3. The molecule has 0 aromatic carbocycles. The van der Waals surface area contributed by atoms with E-state index in [2.05, 4.69) is 28.5 Å². The van der Waals surface area contributed by atoms with Gasteiger partial charge in [-0.25, -0.2) is 0 Å². The van der Waals surface area contributed by atoms with Gasteiger partial charge in [-0.1, -0.05) is 18.5 Å². The Morgan fingerprint density at radius 3 is 2.45 bits per heavy atom. The molecule has 0 aliphatic carbocycles. The zero-order chi connectivity index (χ0) is 14.9. The lowest BCUT2D eigenvalue weighted by atomic mass is 10.0. The third-order valence-corrected chi connectivity index (χ3v) is 4.19. The van der Waals surface area contributed by atoms with Crippen molar-refractivity contribution in [3.8, 4) is 0 Å². The van der Waals surface area contributed by atoms with Crippen molar-refractivity contribution in [1.29, 1.82) is 0 Å². The third kappa shape index (κ3) is 2.74. The van der Waals surface area contributed by atoms with Gasteiger partial charge in [-0.3, -0.25) is 9.36 Å². The molecule has 20 heavy (non-hydrogen) atoms. The van der Waals surface area contributed by atoms with E-state index in [1.54, 1.807) is 4.68 Å². The number of aryl methyl sites for hydroxylation is 4. The van der Waals surface area contributed by atoms with Crippen LogP contribution >= 0.6 is 11.6 Å². The number of rotatable bonds is 5. The molecule has 2 aromatic rings. The standard InChI is InChI=1S/C14H22ClN5/c1-6-10-7-13(19(4)18-10)12(16-3)8-11-9(2)17-20(5)14(11)15/h7,12,16H,6,8H2,1-5H3. The Kier molecular flexibility index (Phi) is 4.50. The van der Waals surface area contributed by atoms with Crippen molar-refractivity contribution >= 4 is 11.6 Å². The van der Waals surface area contributed by atoms with E-state index in [1.165, 1.54) is 5.69 Å². The summed E-state index contributed by atoms with van der Waals surface area (Å²) in [6.07, 6.45) is 1.74. The van der Waals surface area contributed by atoms with Crippen molar-refractivity contribution in [3.05, 3.63) is 33.9 Å². The summed E-state index contributed by atoms with van der Waals surface area (Å²) < 4.78 is 3.67. The maximum Gasteiger partial charge on any atom is 0.130 e. The number of hydrogen-bond donors (Lipinski definition) is 1. The second-order valence-corrected chi connectivity index (χ2v) is 5.42. The molecule has 1 unspecified atom stereocenters. The van der Waals surface area contributed by atoms with Gasteiger partial charge in [0.25, 0.3) is 0 Å². The lowest BCUT2D eigenvalue weighted by Gasteiger charge is -2.16. The van der Waals surface area contributed by atoms with E-state index in [-0.39, 0.29) is 6.04 Å². The second kappa shape index (κ2) is 5.97. The van der Waals surface area contributed by atoms with Crippen molar-refractivity contribution < 1.29 is 0 Å².